The molecular weight excluding hydrogens is 184 g/mol. The fourth-order valence-electron chi connectivity index (χ4n) is 1.69. The van der Waals surface area contributed by atoms with Crippen LogP contribution in [0.5, 0.6) is 0 Å². The molecule has 0 fully saturated rings. The minimum absolute atomic E-state index is 0.159. The van der Waals surface area contributed by atoms with Crippen LogP contribution in [-0.4, -0.2) is 5.11 Å². The first-order valence-electron chi connectivity index (χ1n) is 5.46. The Morgan fingerprint density at radius 1 is 0.867 bits per heavy atom. The predicted molar refractivity (Wildman–Crippen MR) is 64.9 cm³/mol. The Balaban J connectivity index is 3.27. The van der Waals surface area contributed by atoms with Crippen molar-refractivity contribution in [2.75, 3.05) is 0 Å². The fourth-order valence-corrected chi connectivity index (χ4v) is 1.69. The topological polar surface area (TPSA) is 20.2 Å². The molecule has 1 unspecified atom stereocenters. The minimum atomic E-state index is -0.788. The summed E-state index contributed by atoms with van der Waals surface area (Å²) < 4.78 is 0. The first kappa shape index (κ1) is 12.3. The van der Waals surface area contributed by atoms with Gasteiger partial charge in [-0.25, -0.2) is 0 Å². The van der Waals surface area contributed by atoms with Crippen molar-refractivity contribution in [1.82, 2.24) is 0 Å². The number of aliphatic hydroxyl groups is 1. The number of hydrogen-bond donors (Lipinski definition) is 1. The van der Waals surface area contributed by atoms with Gasteiger partial charge in [-0.2, -0.15) is 0 Å². The summed E-state index contributed by atoms with van der Waals surface area (Å²) >= 11 is 0. The molecule has 84 valence electrons. The first-order valence-corrected chi connectivity index (χ1v) is 5.46. The van der Waals surface area contributed by atoms with Gasteiger partial charge in [0.25, 0.3) is 0 Å². The lowest BCUT2D eigenvalue weighted by molar-refractivity contribution is -0.0470. The minimum Gasteiger partial charge on any atom is -0.385 e. The Kier molecular flexibility index (Phi) is 2.97. The number of hydrogen-bond acceptors (Lipinski definition) is 1. The maximum Gasteiger partial charge on any atom is 0.0916 e. The lowest BCUT2D eigenvalue weighted by Gasteiger charge is -2.38. The summed E-state index contributed by atoms with van der Waals surface area (Å²) in [6.07, 6.45) is 0. The van der Waals surface area contributed by atoms with Gasteiger partial charge >= 0.3 is 0 Å². The second-order valence-electron chi connectivity index (χ2n) is 5.70. The Labute approximate surface area is 93.1 Å². The van der Waals surface area contributed by atoms with Gasteiger partial charge < -0.3 is 5.11 Å². The van der Waals surface area contributed by atoms with E-state index in [4.69, 9.17) is 0 Å². The molecule has 1 N–H and O–H groups in total. The van der Waals surface area contributed by atoms with Crippen LogP contribution in [0.2, 0.25) is 0 Å². The third-order valence-corrected chi connectivity index (χ3v) is 3.24. The van der Waals surface area contributed by atoms with Crippen LogP contribution in [0.25, 0.3) is 0 Å². The summed E-state index contributed by atoms with van der Waals surface area (Å²) in [5.41, 5.74) is 2.47. The molecular formula is C14H22O. The maximum absolute atomic E-state index is 10.6. The van der Waals surface area contributed by atoms with Crippen LogP contribution >= 0.6 is 0 Å². The molecule has 1 rings (SSSR count). The lowest BCUT2D eigenvalue weighted by Crippen LogP contribution is -2.36. The van der Waals surface area contributed by atoms with E-state index in [2.05, 4.69) is 52.8 Å². The van der Waals surface area contributed by atoms with Gasteiger partial charge in [-0.1, -0.05) is 50.1 Å². The van der Waals surface area contributed by atoms with Crippen molar-refractivity contribution in [3.63, 3.8) is 0 Å². The summed E-state index contributed by atoms with van der Waals surface area (Å²) in [5, 5.41) is 10.6. The molecule has 15 heavy (non-hydrogen) atoms. The molecule has 1 aromatic carbocycles. The van der Waals surface area contributed by atoms with E-state index in [1.165, 1.54) is 11.1 Å². The monoisotopic (exact) mass is 206 g/mol. The zero-order valence-electron chi connectivity index (χ0n) is 10.7. The van der Waals surface area contributed by atoms with Gasteiger partial charge in [-0.05, 0) is 31.7 Å². The molecule has 0 aliphatic carbocycles. The molecule has 1 aromatic rings. The van der Waals surface area contributed by atoms with E-state index in [9.17, 15) is 5.11 Å². The van der Waals surface area contributed by atoms with E-state index >= 15 is 0 Å². The molecule has 0 aromatic heterocycles. The molecule has 0 bridgehead atoms. The summed E-state index contributed by atoms with van der Waals surface area (Å²) in [5.74, 6) is 0. The molecule has 0 amide bonds. The highest BCUT2D eigenvalue weighted by atomic mass is 16.3. The fraction of sp³-hybridized carbons (Fsp3) is 0.571. The molecule has 0 radical (unpaired) electrons. The highest BCUT2D eigenvalue weighted by Gasteiger charge is 2.36. The van der Waals surface area contributed by atoms with Crippen LogP contribution in [0, 0.1) is 19.3 Å². The molecule has 0 spiro atoms. The third kappa shape index (κ3) is 2.40. The summed E-state index contributed by atoms with van der Waals surface area (Å²) in [6.45, 7) is 12.2. The average Bonchev–Trinajstić information content (AvgIpc) is 1.99. The zero-order chi connectivity index (χ0) is 11.9. The van der Waals surface area contributed by atoms with E-state index in [1.54, 1.807) is 0 Å². The van der Waals surface area contributed by atoms with Gasteiger partial charge in [0.15, 0.2) is 0 Å². The Bertz CT molecular complexity index is 336. The maximum atomic E-state index is 10.6. The molecule has 1 heteroatoms. The van der Waals surface area contributed by atoms with Gasteiger partial charge in [-0.3, -0.25) is 0 Å². The predicted octanol–water partition coefficient (Wildman–Crippen LogP) is 3.56. The lowest BCUT2D eigenvalue weighted by atomic mass is 9.73. The van der Waals surface area contributed by atoms with Crippen molar-refractivity contribution in [3.05, 3.63) is 34.9 Å². The second kappa shape index (κ2) is 3.64. The van der Waals surface area contributed by atoms with Crippen molar-refractivity contribution >= 4 is 0 Å². The smallest absolute Gasteiger partial charge is 0.0916 e. The van der Waals surface area contributed by atoms with Gasteiger partial charge in [0, 0.05) is 0 Å². The van der Waals surface area contributed by atoms with Crippen molar-refractivity contribution in [1.29, 1.82) is 0 Å². The zero-order valence-corrected chi connectivity index (χ0v) is 10.7. The molecule has 0 saturated heterocycles. The number of rotatable bonds is 1. The van der Waals surface area contributed by atoms with E-state index in [0.29, 0.717) is 0 Å². The highest BCUT2D eigenvalue weighted by molar-refractivity contribution is 5.33. The standard InChI is InChI=1S/C14H22O/c1-10-7-11(2)9-12(8-10)14(6,15)13(3,4)5/h7-9,15H,1-6H3. The molecule has 0 heterocycles. The van der Waals surface area contributed by atoms with Crippen LogP contribution in [0.1, 0.15) is 44.4 Å². The molecule has 1 nitrogen and oxygen atoms in total. The summed E-state index contributed by atoms with van der Waals surface area (Å²) in [4.78, 5) is 0. The quantitative estimate of drug-likeness (QED) is 0.745. The van der Waals surface area contributed by atoms with E-state index in [0.717, 1.165) is 5.56 Å². The van der Waals surface area contributed by atoms with Gasteiger partial charge in [0.1, 0.15) is 0 Å². The normalized spacial score (nSPS) is 16.2. The van der Waals surface area contributed by atoms with Crippen molar-refractivity contribution in [3.8, 4) is 0 Å². The van der Waals surface area contributed by atoms with E-state index < -0.39 is 5.60 Å². The van der Waals surface area contributed by atoms with Gasteiger partial charge in [0.05, 0.1) is 5.60 Å². The number of aryl methyl sites for hydroxylation is 2. The summed E-state index contributed by atoms with van der Waals surface area (Å²) in [7, 11) is 0. The molecule has 1 atom stereocenters. The summed E-state index contributed by atoms with van der Waals surface area (Å²) in [6, 6.07) is 6.26. The Hall–Kier alpha value is -0.820. The first-order chi connectivity index (χ1) is 6.64. The van der Waals surface area contributed by atoms with Crippen LogP contribution in [0.4, 0.5) is 0 Å². The van der Waals surface area contributed by atoms with Gasteiger partial charge in [0.2, 0.25) is 0 Å². The SMILES string of the molecule is Cc1cc(C)cc(C(C)(O)C(C)(C)C)c1. The second-order valence-corrected chi connectivity index (χ2v) is 5.70. The van der Waals surface area contributed by atoms with Crippen LogP contribution < -0.4 is 0 Å². The van der Waals surface area contributed by atoms with Crippen LogP contribution in [-0.2, 0) is 5.60 Å². The van der Waals surface area contributed by atoms with Crippen molar-refractivity contribution in [2.45, 2.75) is 47.1 Å². The largest absolute Gasteiger partial charge is 0.385 e. The Morgan fingerprint density at radius 2 is 1.27 bits per heavy atom. The van der Waals surface area contributed by atoms with Crippen molar-refractivity contribution < 1.29 is 5.11 Å². The number of benzene rings is 1. The van der Waals surface area contributed by atoms with Crippen LogP contribution in [0.15, 0.2) is 18.2 Å². The average molecular weight is 206 g/mol. The molecule has 0 saturated carbocycles. The van der Waals surface area contributed by atoms with Gasteiger partial charge in [-0.15, -0.1) is 0 Å². The molecule has 0 aliphatic rings. The van der Waals surface area contributed by atoms with E-state index in [1.807, 2.05) is 6.92 Å². The third-order valence-electron chi connectivity index (χ3n) is 3.24. The van der Waals surface area contributed by atoms with E-state index in [-0.39, 0.29) is 5.41 Å². The van der Waals surface area contributed by atoms with Crippen molar-refractivity contribution in [2.24, 2.45) is 5.41 Å². The molecule has 0 aliphatic heterocycles. The highest BCUT2D eigenvalue weighted by Crippen LogP contribution is 2.39. The Morgan fingerprint density at radius 3 is 1.60 bits per heavy atom. The van der Waals surface area contributed by atoms with Crippen LogP contribution in [0.3, 0.4) is 0 Å².